The standard InChI is InChI=1S/C20H13NO3/c22-19-17(20(23)24)15-7-3-4-8-16(15)21-18(19)14-10-9-12-5-1-2-6-13(12)11-14/h1-11,22H,(H,23,24). The number of carbonyl (C=O) groups is 1. The van der Waals surface area contributed by atoms with E-state index in [9.17, 15) is 15.0 Å². The Balaban J connectivity index is 2.05. The van der Waals surface area contributed by atoms with E-state index in [0.717, 1.165) is 10.8 Å². The van der Waals surface area contributed by atoms with Gasteiger partial charge in [0.1, 0.15) is 11.3 Å². The first kappa shape index (κ1) is 14.2. The van der Waals surface area contributed by atoms with Crippen LogP contribution in [0.3, 0.4) is 0 Å². The van der Waals surface area contributed by atoms with Crippen molar-refractivity contribution in [3.63, 3.8) is 0 Å². The second kappa shape index (κ2) is 5.35. The summed E-state index contributed by atoms with van der Waals surface area (Å²) >= 11 is 0. The molecule has 2 N–H and O–H groups in total. The van der Waals surface area contributed by atoms with Crippen LogP contribution in [0.25, 0.3) is 32.9 Å². The average molecular weight is 315 g/mol. The van der Waals surface area contributed by atoms with E-state index >= 15 is 0 Å². The highest BCUT2D eigenvalue weighted by molar-refractivity contribution is 6.07. The zero-order chi connectivity index (χ0) is 16.7. The van der Waals surface area contributed by atoms with Crippen molar-refractivity contribution >= 4 is 27.6 Å². The molecule has 4 heteroatoms. The van der Waals surface area contributed by atoms with Crippen molar-refractivity contribution < 1.29 is 15.0 Å². The molecule has 1 heterocycles. The van der Waals surface area contributed by atoms with Crippen molar-refractivity contribution in [3.05, 3.63) is 72.3 Å². The van der Waals surface area contributed by atoms with Crippen LogP contribution in [-0.2, 0) is 0 Å². The Kier molecular flexibility index (Phi) is 3.17. The third-order valence-electron chi connectivity index (χ3n) is 4.10. The fourth-order valence-corrected chi connectivity index (χ4v) is 2.96. The number of nitrogens with zero attached hydrogens (tertiary/aromatic N) is 1. The largest absolute Gasteiger partial charge is 0.505 e. The Morgan fingerprint density at radius 1 is 0.875 bits per heavy atom. The molecule has 0 unspecified atom stereocenters. The normalized spacial score (nSPS) is 11.0. The van der Waals surface area contributed by atoms with Gasteiger partial charge in [0.25, 0.3) is 0 Å². The van der Waals surface area contributed by atoms with E-state index in [1.807, 2.05) is 42.5 Å². The van der Waals surface area contributed by atoms with Gasteiger partial charge in [0.05, 0.1) is 5.52 Å². The van der Waals surface area contributed by atoms with E-state index in [-0.39, 0.29) is 17.0 Å². The molecule has 0 bridgehead atoms. The third-order valence-corrected chi connectivity index (χ3v) is 4.10. The number of aromatic hydroxyl groups is 1. The van der Waals surface area contributed by atoms with Gasteiger partial charge in [-0.15, -0.1) is 0 Å². The van der Waals surface area contributed by atoms with Crippen molar-refractivity contribution in [2.24, 2.45) is 0 Å². The summed E-state index contributed by atoms with van der Waals surface area (Å²) in [5, 5.41) is 22.6. The van der Waals surface area contributed by atoms with Crippen molar-refractivity contribution in [2.45, 2.75) is 0 Å². The average Bonchev–Trinajstić information content (AvgIpc) is 2.60. The minimum Gasteiger partial charge on any atom is -0.505 e. The van der Waals surface area contributed by atoms with Gasteiger partial charge < -0.3 is 10.2 Å². The monoisotopic (exact) mass is 315 g/mol. The van der Waals surface area contributed by atoms with Gasteiger partial charge in [0.15, 0.2) is 5.75 Å². The molecule has 0 atom stereocenters. The molecule has 4 aromatic rings. The molecule has 0 saturated heterocycles. The molecular formula is C20H13NO3. The van der Waals surface area contributed by atoms with Gasteiger partial charge in [0, 0.05) is 10.9 Å². The van der Waals surface area contributed by atoms with Crippen LogP contribution < -0.4 is 0 Å². The predicted octanol–water partition coefficient (Wildman–Crippen LogP) is 4.46. The molecule has 0 radical (unpaired) electrons. The minimum atomic E-state index is -1.17. The van der Waals surface area contributed by atoms with E-state index in [1.54, 1.807) is 24.3 Å². The van der Waals surface area contributed by atoms with Gasteiger partial charge in [-0.2, -0.15) is 0 Å². The van der Waals surface area contributed by atoms with Crippen LogP contribution in [0.5, 0.6) is 5.75 Å². The molecule has 1 aromatic heterocycles. The maximum atomic E-state index is 11.6. The Morgan fingerprint density at radius 3 is 2.38 bits per heavy atom. The highest BCUT2D eigenvalue weighted by atomic mass is 16.4. The first-order valence-electron chi connectivity index (χ1n) is 7.49. The van der Waals surface area contributed by atoms with E-state index in [0.29, 0.717) is 16.5 Å². The lowest BCUT2D eigenvalue weighted by molar-refractivity contribution is 0.0696. The number of hydrogen-bond donors (Lipinski definition) is 2. The number of benzene rings is 3. The number of fused-ring (bicyclic) bond motifs is 2. The number of hydrogen-bond acceptors (Lipinski definition) is 3. The zero-order valence-electron chi connectivity index (χ0n) is 12.6. The molecule has 0 aliphatic rings. The molecule has 0 aliphatic carbocycles. The fourth-order valence-electron chi connectivity index (χ4n) is 2.96. The molecular weight excluding hydrogens is 302 g/mol. The summed E-state index contributed by atoms with van der Waals surface area (Å²) in [6.07, 6.45) is 0. The molecule has 0 saturated carbocycles. The zero-order valence-corrected chi connectivity index (χ0v) is 12.6. The molecule has 0 fully saturated rings. The van der Waals surface area contributed by atoms with E-state index in [4.69, 9.17) is 0 Å². The van der Waals surface area contributed by atoms with Crippen LogP contribution in [0, 0.1) is 0 Å². The Hall–Kier alpha value is -3.40. The van der Waals surface area contributed by atoms with Gasteiger partial charge in [-0.25, -0.2) is 9.78 Å². The summed E-state index contributed by atoms with van der Waals surface area (Å²) < 4.78 is 0. The maximum Gasteiger partial charge on any atom is 0.340 e. The second-order valence-corrected chi connectivity index (χ2v) is 5.57. The number of para-hydroxylation sites is 1. The number of carboxylic acids is 1. The van der Waals surface area contributed by atoms with Gasteiger partial charge in [-0.3, -0.25) is 0 Å². The molecule has 0 spiro atoms. The van der Waals surface area contributed by atoms with Crippen LogP contribution in [0.15, 0.2) is 66.7 Å². The predicted molar refractivity (Wildman–Crippen MR) is 93.3 cm³/mol. The van der Waals surface area contributed by atoms with Crippen molar-refractivity contribution in [1.82, 2.24) is 4.98 Å². The lowest BCUT2D eigenvalue weighted by Gasteiger charge is -2.11. The van der Waals surface area contributed by atoms with E-state index < -0.39 is 5.97 Å². The molecule has 0 aliphatic heterocycles. The number of aromatic nitrogens is 1. The lowest BCUT2D eigenvalue weighted by Crippen LogP contribution is -2.01. The third kappa shape index (κ3) is 2.16. The highest BCUT2D eigenvalue weighted by Crippen LogP contribution is 2.36. The van der Waals surface area contributed by atoms with Gasteiger partial charge in [0.2, 0.25) is 0 Å². The number of aromatic carboxylic acids is 1. The summed E-state index contributed by atoms with van der Waals surface area (Å²) in [6.45, 7) is 0. The van der Waals surface area contributed by atoms with Gasteiger partial charge in [-0.1, -0.05) is 54.6 Å². The SMILES string of the molecule is O=C(O)c1c(O)c(-c2ccc3ccccc3c2)nc2ccccc12. The Bertz CT molecular complexity index is 1100. The minimum absolute atomic E-state index is 0.122. The summed E-state index contributed by atoms with van der Waals surface area (Å²) in [4.78, 5) is 16.1. The molecule has 0 amide bonds. The van der Waals surface area contributed by atoms with E-state index in [1.165, 1.54) is 0 Å². The number of pyridine rings is 1. The molecule has 4 rings (SSSR count). The van der Waals surface area contributed by atoms with Crippen LogP contribution in [0.4, 0.5) is 0 Å². The molecule has 116 valence electrons. The number of rotatable bonds is 2. The first-order valence-corrected chi connectivity index (χ1v) is 7.49. The van der Waals surface area contributed by atoms with Crippen LogP contribution in [0.1, 0.15) is 10.4 Å². The van der Waals surface area contributed by atoms with Crippen molar-refractivity contribution in [1.29, 1.82) is 0 Å². The smallest absolute Gasteiger partial charge is 0.340 e. The van der Waals surface area contributed by atoms with E-state index in [2.05, 4.69) is 4.98 Å². The van der Waals surface area contributed by atoms with Crippen LogP contribution >= 0.6 is 0 Å². The topological polar surface area (TPSA) is 70.4 Å². The summed E-state index contributed by atoms with van der Waals surface area (Å²) in [7, 11) is 0. The van der Waals surface area contributed by atoms with Crippen molar-refractivity contribution in [2.75, 3.05) is 0 Å². The lowest BCUT2D eigenvalue weighted by atomic mass is 10.0. The Labute approximate surface area is 137 Å². The molecule has 24 heavy (non-hydrogen) atoms. The quantitative estimate of drug-likeness (QED) is 0.573. The van der Waals surface area contributed by atoms with Crippen molar-refractivity contribution in [3.8, 4) is 17.0 Å². The molecule has 3 aromatic carbocycles. The van der Waals surface area contributed by atoms with Gasteiger partial charge in [-0.05, 0) is 22.9 Å². The summed E-state index contributed by atoms with van der Waals surface area (Å²) in [5.74, 6) is -1.48. The summed E-state index contributed by atoms with van der Waals surface area (Å²) in [6, 6.07) is 20.4. The van der Waals surface area contributed by atoms with Crippen LogP contribution in [-0.4, -0.2) is 21.2 Å². The van der Waals surface area contributed by atoms with Gasteiger partial charge >= 0.3 is 5.97 Å². The molecule has 4 nitrogen and oxygen atoms in total. The fraction of sp³-hybridized carbons (Fsp3) is 0. The second-order valence-electron chi connectivity index (χ2n) is 5.57. The maximum absolute atomic E-state index is 11.6. The summed E-state index contributed by atoms with van der Waals surface area (Å²) in [5.41, 5.74) is 1.37. The first-order chi connectivity index (χ1) is 11.6. The van der Waals surface area contributed by atoms with Crippen LogP contribution in [0.2, 0.25) is 0 Å². The number of carboxylic acid groups (broad SMARTS) is 1. The Morgan fingerprint density at radius 2 is 1.58 bits per heavy atom. The highest BCUT2D eigenvalue weighted by Gasteiger charge is 2.20.